The van der Waals surface area contributed by atoms with Gasteiger partial charge in [0.25, 0.3) is 0 Å². The standard InChI is InChI=1S/C22H25N5O4S2/c1-15-24-18-19(27(15)22(2)10-13-26(14-11-22)32(3,28)29)17-9-12-23-20(17)25-21(18)33(30,31)16-7-5-4-6-8-16/h4-9,12H,10-11,13-14H2,1-3H3,(H,23,25). The first-order valence-corrected chi connectivity index (χ1v) is 14.0. The molecule has 0 aliphatic carbocycles. The average molecular weight is 488 g/mol. The predicted molar refractivity (Wildman–Crippen MR) is 125 cm³/mol. The van der Waals surface area contributed by atoms with Crippen LogP contribution < -0.4 is 0 Å². The summed E-state index contributed by atoms with van der Waals surface area (Å²) in [5.74, 6) is 0.667. The molecule has 0 bridgehead atoms. The first kappa shape index (κ1) is 22.1. The highest BCUT2D eigenvalue weighted by molar-refractivity contribution is 7.91. The molecule has 1 aliphatic rings. The largest absolute Gasteiger partial charge is 0.346 e. The van der Waals surface area contributed by atoms with Crippen LogP contribution in [0.3, 0.4) is 0 Å². The summed E-state index contributed by atoms with van der Waals surface area (Å²) in [7, 11) is -7.18. The lowest BCUT2D eigenvalue weighted by atomic mass is 9.89. The molecule has 3 aromatic heterocycles. The van der Waals surface area contributed by atoms with Gasteiger partial charge in [-0.1, -0.05) is 18.2 Å². The summed E-state index contributed by atoms with van der Waals surface area (Å²) in [6, 6.07) is 10.1. The summed E-state index contributed by atoms with van der Waals surface area (Å²) in [4.78, 5) is 12.4. The van der Waals surface area contributed by atoms with Crippen LogP contribution in [0.2, 0.25) is 0 Å². The Labute approximate surface area is 192 Å². The zero-order valence-electron chi connectivity index (χ0n) is 18.6. The number of hydrogen-bond acceptors (Lipinski definition) is 6. The molecular weight excluding hydrogens is 462 g/mol. The number of rotatable bonds is 4. The summed E-state index contributed by atoms with van der Waals surface area (Å²) in [5, 5.41) is 0.696. The Morgan fingerprint density at radius 3 is 2.30 bits per heavy atom. The van der Waals surface area contributed by atoms with Gasteiger partial charge in [-0.25, -0.2) is 31.1 Å². The Balaban J connectivity index is 1.74. The van der Waals surface area contributed by atoms with Crippen LogP contribution >= 0.6 is 0 Å². The Bertz CT molecular complexity index is 1580. The number of nitrogens with zero attached hydrogens (tertiary/aromatic N) is 4. The Kier molecular flexibility index (Phi) is 4.93. The molecule has 1 fully saturated rings. The van der Waals surface area contributed by atoms with Gasteiger partial charge in [-0.05, 0) is 44.9 Å². The van der Waals surface area contributed by atoms with Crippen molar-refractivity contribution in [3.8, 4) is 0 Å². The van der Waals surface area contributed by atoms with Gasteiger partial charge in [0, 0.05) is 30.2 Å². The van der Waals surface area contributed by atoms with Gasteiger partial charge < -0.3 is 9.55 Å². The van der Waals surface area contributed by atoms with Gasteiger partial charge >= 0.3 is 0 Å². The number of aromatic nitrogens is 4. The molecule has 0 saturated carbocycles. The van der Waals surface area contributed by atoms with E-state index in [4.69, 9.17) is 4.98 Å². The molecular formula is C22H25N5O4S2. The van der Waals surface area contributed by atoms with Crippen LogP contribution in [-0.4, -0.2) is 60.0 Å². The molecule has 4 heterocycles. The number of fused-ring (bicyclic) bond motifs is 3. The summed E-state index contributed by atoms with van der Waals surface area (Å²) < 4.78 is 54.7. The SMILES string of the molecule is Cc1nc2c(S(=O)(=O)c3ccccc3)nc3[nH]ccc3c2n1C1(C)CCN(S(C)(=O)=O)CC1. The number of H-pyrrole nitrogens is 1. The minimum atomic E-state index is -3.91. The number of sulfone groups is 1. The molecule has 4 aromatic rings. The molecule has 9 nitrogen and oxygen atoms in total. The average Bonchev–Trinajstić information content (AvgIpc) is 3.37. The highest BCUT2D eigenvalue weighted by Crippen LogP contribution is 2.39. The van der Waals surface area contributed by atoms with Gasteiger partial charge in [0.2, 0.25) is 19.9 Å². The topological polar surface area (TPSA) is 118 Å². The third-order valence-electron chi connectivity index (χ3n) is 6.56. The minimum absolute atomic E-state index is 0.0855. The van der Waals surface area contributed by atoms with Crippen LogP contribution in [0.1, 0.15) is 25.6 Å². The summed E-state index contributed by atoms with van der Waals surface area (Å²) in [6.07, 6.45) is 4.13. The summed E-state index contributed by atoms with van der Waals surface area (Å²) in [5.41, 5.74) is 1.06. The van der Waals surface area contributed by atoms with Crippen molar-refractivity contribution in [3.05, 3.63) is 48.4 Å². The van der Waals surface area contributed by atoms with E-state index in [0.29, 0.717) is 48.4 Å². The van der Waals surface area contributed by atoms with Gasteiger partial charge in [-0.15, -0.1) is 0 Å². The molecule has 174 valence electrons. The molecule has 1 N–H and O–H groups in total. The maximum Gasteiger partial charge on any atom is 0.226 e. The second-order valence-electron chi connectivity index (χ2n) is 8.82. The molecule has 5 rings (SSSR count). The van der Waals surface area contributed by atoms with Crippen molar-refractivity contribution in [2.45, 2.75) is 42.1 Å². The fraction of sp³-hybridized carbons (Fsp3) is 0.364. The van der Waals surface area contributed by atoms with E-state index in [0.717, 1.165) is 5.39 Å². The van der Waals surface area contributed by atoms with E-state index in [1.54, 1.807) is 36.5 Å². The molecule has 0 atom stereocenters. The van der Waals surface area contributed by atoms with Crippen molar-refractivity contribution < 1.29 is 16.8 Å². The molecule has 0 unspecified atom stereocenters. The summed E-state index contributed by atoms with van der Waals surface area (Å²) in [6.45, 7) is 4.71. The number of sulfonamides is 1. The second kappa shape index (κ2) is 7.37. The smallest absolute Gasteiger partial charge is 0.226 e. The van der Waals surface area contributed by atoms with Gasteiger partial charge in [0.15, 0.2) is 5.03 Å². The van der Waals surface area contributed by atoms with Gasteiger partial charge in [0.1, 0.15) is 17.0 Å². The van der Waals surface area contributed by atoms with E-state index >= 15 is 0 Å². The van der Waals surface area contributed by atoms with E-state index in [-0.39, 0.29) is 9.92 Å². The predicted octanol–water partition coefficient (Wildman–Crippen LogP) is 2.82. The number of pyridine rings is 1. The first-order chi connectivity index (χ1) is 15.5. The quantitative estimate of drug-likeness (QED) is 0.473. The van der Waals surface area contributed by atoms with Gasteiger partial charge in [-0.2, -0.15) is 0 Å². The summed E-state index contributed by atoms with van der Waals surface area (Å²) >= 11 is 0. The van der Waals surface area contributed by atoms with E-state index in [9.17, 15) is 16.8 Å². The molecule has 0 amide bonds. The van der Waals surface area contributed by atoms with Crippen molar-refractivity contribution >= 4 is 41.9 Å². The van der Waals surface area contributed by atoms with E-state index < -0.39 is 25.4 Å². The molecule has 11 heteroatoms. The number of aromatic amines is 1. The normalized spacial score (nSPS) is 17.7. The highest BCUT2D eigenvalue weighted by Gasteiger charge is 2.38. The Morgan fingerprint density at radius 2 is 1.67 bits per heavy atom. The van der Waals surface area contributed by atoms with Gasteiger partial charge in [0.05, 0.1) is 16.7 Å². The van der Waals surface area contributed by atoms with E-state index in [1.807, 2.05) is 13.0 Å². The lowest BCUT2D eigenvalue weighted by molar-refractivity contribution is 0.182. The maximum absolute atomic E-state index is 13.5. The highest BCUT2D eigenvalue weighted by atomic mass is 32.2. The van der Waals surface area contributed by atoms with Crippen molar-refractivity contribution in [1.82, 2.24) is 23.8 Å². The van der Waals surface area contributed by atoms with Crippen molar-refractivity contribution in [2.75, 3.05) is 19.3 Å². The lowest BCUT2D eigenvalue weighted by Gasteiger charge is -2.40. The Hall–Kier alpha value is -2.76. The zero-order valence-corrected chi connectivity index (χ0v) is 20.2. The van der Waals surface area contributed by atoms with Crippen LogP contribution in [0, 0.1) is 6.92 Å². The molecule has 33 heavy (non-hydrogen) atoms. The fourth-order valence-electron chi connectivity index (χ4n) is 4.81. The van der Waals surface area contributed by atoms with Crippen molar-refractivity contribution in [2.24, 2.45) is 0 Å². The molecule has 0 radical (unpaired) electrons. The van der Waals surface area contributed by atoms with E-state index in [2.05, 4.69) is 21.5 Å². The first-order valence-electron chi connectivity index (χ1n) is 10.6. The second-order valence-corrected chi connectivity index (χ2v) is 12.7. The van der Waals surface area contributed by atoms with Crippen LogP contribution in [-0.2, 0) is 25.4 Å². The molecule has 1 aliphatic heterocycles. The zero-order chi connectivity index (χ0) is 23.6. The minimum Gasteiger partial charge on any atom is -0.346 e. The number of aryl methyl sites for hydroxylation is 1. The van der Waals surface area contributed by atoms with Crippen LogP contribution in [0.15, 0.2) is 52.5 Å². The number of hydrogen-bond donors (Lipinski definition) is 1. The third-order valence-corrected chi connectivity index (χ3v) is 9.55. The maximum atomic E-state index is 13.5. The molecule has 0 spiro atoms. The monoisotopic (exact) mass is 487 g/mol. The van der Waals surface area contributed by atoms with Crippen LogP contribution in [0.5, 0.6) is 0 Å². The van der Waals surface area contributed by atoms with Gasteiger partial charge in [-0.3, -0.25) is 0 Å². The van der Waals surface area contributed by atoms with Crippen LogP contribution in [0.4, 0.5) is 0 Å². The molecule has 1 aromatic carbocycles. The van der Waals surface area contributed by atoms with Crippen LogP contribution in [0.25, 0.3) is 22.1 Å². The van der Waals surface area contributed by atoms with Crippen molar-refractivity contribution in [1.29, 1.82) is 0 Å². The van der Waals surface area contributed by atoms with E-state index in [1.165, 1.54) is 10.6 Å². The number of piperidine rings is 1. The third kappa shape index (κ3) is 3.46. The fourth-order valence-corrected chi connectivity index (χ4v) is 7.00. The lowest BCUT2D eigenvalue weighted by Crippen LogP contribution is -2.46. The van der Waals surface area contributed by atoms with Crippen molar-refractivity contribution in [3.63, 3.8) is 0 Å². The number of imidazole rings is 1. The number of benzene rings is 1. The Morgan fingerprint density at radius 1 is 1.00 bits per heavy atom. The molecule has 1 saturated heterocycles. The number of nitrogens with one attached hydrogen (secondary N) is 1.